The Labute approximate surface area is 210 Å². The Hall–Kier alpha value is -4.18. The van der Waals surface area contributed by atoms with Gasteiger partial charge in [0.25, 0.3) is 5.56 Å². The smallest absolute Gasteiger partial charge is 0.338 e. The van der Waals surface area contributed by atoms with Crippen molar-refractivity contribution in [2.45, 2.75) is 19.9 Å². The highest BCUT2D eigenvalue weighted by Gasteiger charge is 2.33. The van der Waals surface area contributed by atoms with Gasteiger partial charge in [-0.25, -0.2) is 9.79 Å². The molecule has 3 aromatic rings. The lowest BCUT2D eigenvalue weighted by Crippen LogP contribution is -2.39. The first kappa shape index (κ1) is 24.9. The molecule has 0 unspecified atom stereocenters. The molecular formula is C26H24N2O7S. The lowest BCUT2D eigenvalue weighted by Gasteiger charge is -2.24. The van der Waals surface area contributed by atoms with E-state index in [2.05, 4.69) is 4.99 Å². The average molecular weight is 509 g/mol. The van der Waals surface area contributed by atoms with Gasteiger partial charge in [0, 0.05) is 6.92 Å². The molecular weight excluding hydrogens is 484 g/mol. The fraction of sp³-hybridized carbons (Fsp3) is 0.231. The van der Waals surface area contributed by atoms with E-state index in [1.165, 1.54) is 37.0 Å². The Kier molecular flexibility index (Phi) is 7.07. The number of allylic oxidation sites excluding steroid dienone is 1. The lowest BCUT2D eigenvalue weighted by molar-refractivity contribution is -0.136. The van der Waals surface area contributed by atoms with Crippen molar-refractivity contribution in [1.29, 1.82) is 0 Å². The number of benzene rings is 2. The molecule has 1 aliphatic heterocycles. The van der Waals surface area contributed by atoms with E-state index in [1.807, 2.05) is 0 Å². The van der Waals surface area contributed by atoms with Gasteiger partial charge in [-0.2, -0.15) is 0 Å². The first-order valence-corrected chi connectivity index (χ1v) is 11.7. The van der Waals surface area contributed by atoms with Crippen LogP contribution in [0.1, 0.15) is 31.0 Å². The summed E-state index contributed by atoms with van der Waals surface area (Å²) in [6, 6.07) is 11.4. The van der Waals surface area contributed by atoms with E-state index < -0.39 is 18.0 Å². The minimum absolute atomic E-state index is 0.279. The number of methoxy groups -OCH3 is 3. The first-order valence-electron chi connectivity index (χ1n) is 10.9. The second-order valence-electron chi connectivity index (χ2n) is 7.85. The van der Waals surface area contributed by atoms with E-state index >= 15 is 0 Å². The van der Waals surface area contributed by atoms with Crippen LogP contribution in [0, 0.1) is 0 Å². The number of ether oxygens (including phenoxy) is 4. The van der Waals surface area contributed by atoms with Gasteiger partial charge in [-0.05, 0) is 48.4 Å². The fourth-order valence-electron chi connectivity index (χ4n) is 3.96. The number of carbonyl (C=O) groups excluding carboxylic acids is 2. The van der Waals surface area contributed by atoms with Gasteiger partial charge in [-0.3, -0.25) is 14.2 Å². The topological polar surface area (TPSA) is 105 Å². The summed E-state index contributed by atoms with van der Waals surface area (Å²) in [4.78, 5) is 42.7. The molecule has 0 spiro atoms. The number of rotatable bonds is 6. The number of thiazole rings is 1. The monoisotopic (exact) mass is 508 g/mol. The Bertz CT molecular complexity index is 1550. The molecule has 36 heavy (non-hydrogen) atoms. The van der Waals surface area contributed by atoms with Crippen LogP contribution in [-0.2, 0) is 14.3 Å². The van der Waals surface area contributed by atoms with Gasteiger partial charge in [0.15, 0.2) is 16.3 Å². The number of hydrogen-bond donors (Lipinski definition) is 0. The van der Waals surface area contributed by atoms with Crippen LogP contribution in [0.15, 0.2) is 63.5 Å². The van der Waals surface area contributed by atoms with Crippen molar-refractivity contribution < 1.29 is 28.5 Å². The normalized spacial score (nSPS) is 15.1. The molecule has 0 radical (unpaired) electrons. The highest BCUT2D eigenvalue weighted by Crippen LogP contribution is 2.32. The van der Waals surface area contributed by atoms with E-state index in [0.717, 1.165) is 0 Å². The maximum atomic E-state index is 13.6. The number of hydrogen-bond acceptors (Lipinski definition) is 9. The first-order chi connectivity index (χ1) is 17.3. The summed E-state index contributed by atoms with van der Waals surface area (Å²) in [5, 5.41) is 0. The molecule has 1 aliphatic rings. The number of aromatic nitrogens is 1. The lowest BCUT2D eigenvalue weighted by atomic mass is 9.96. The number of nitrogens with zero attached hydrogens (tertiary/aromatic N) is 2. The highest BCUT2D eigenvalue weighted by atomic mass is 32.1. The van der Waals surface area contributed by atoms with Crippen molar-refractivity contribution in [2.24, 2.45) is 4.99 Å². The van der Waals surface area contributed by atoms with Crippen LogP contribution in [0.3, 0.4) is 0 Å². The Morgan fingerprint density at radius 2 is 1.75 bits per heavy atom. The van der Waals surface area contributed by atoms with Gasteiger partial charge in [-0.15, -0.1) is 0 Å². The minimum Gasteiger partial charge on any atom is -0.497 e. The van der Waals surface area contributed by atoms with Crippen LogP contribution in [-0.4, -0.2) is 37.8 Å². The average Bonchev–Trinajstić information content (AvgIpc) is 3.17. The standard InChI is InChI=1S/C26H24N2O7S/c1-14-22(25(31)34-5)23(17-7-9-18(32-3)10-8-17)28-24(30)21(36-26(28)27-14)13-16-6-11-19(35-15(2)29)20(12-16)33-4/h6-13,23H,1-5H3/b21-13+/t23-/m0/s1. The van der Waals surface area contributed by atoms with Gasteiger partial charge in [-0.1, -0.05) is 29.5 Å². The van der Waals surface area contributed by atoms with Gasteiger partial charge in [0.1, 0.15) is 5.75 Å². The van der Waals surface area contributed by atoms with Gasteiger partial charge < -0.3 is 18.9 Å². The van der Waals surface area contributed by atoms with Crippen molar-refractivity contribution in [2.75, 3.05) is 21.3 Å². The van der Waals surface area contributed by atoms with Crippen LogP contribution in [0.5, 0.6) is 17.2 Å². The summed E-state index contributed by atoms with van der Waals surface area (Å²) in [6.07, 6.45) is 1.70. The summed E-state index contributed by atoms with van der Waals surface area (Å²) in [6.45, 7) is 3.02. The quantitative estimate of drug-likeness (QED) is 0.372. The number of fused-ring (bicyclic) bond motifs is 1. The van der Waals surface area contributed by atoms with Gasteiger partial charge in [0.05, 0.1) is 43.2 Å². The summed E-state index contributed by atoms with van der Waals surface area (Å²) < 4.78 is 22.7. The van der Waals surface area contributed by atoms with Crippen LogP contribution in [0.2, 0.25) is 0 Å². The molecule has 0 saturated carbocycles. The molecule has 2 heterocycles. The van der Waals surface area contributed by atoms with Crippen LogP contribution < -0.4 is 29.1 Å². The molecule has 10 heteroatoms. The molecule has 186 valence electrons. The summed E-state index contributed by atoms with van der Waals surface area (Å²) in [5.74, 6) is 0.257. The van der Waals surface area contributed by atoms with Crippen LogP contribution >= 0.6 is 11.3 Å². The van der Waals surface area contributed by atoms with Crippen molar-refractivity contribution in [3.8, 4) is 17.2 Å². The van der Waals surface area contributed by atoms with Crippen molar-refractivity contribution in [3.63, 3.8) is 0 Å². The fourth-order valence-corrected chi connectivity index (χ4v) is 5.01. The van der Waals surface area contributed by atoms with Crippen molar-refractivity contribution in [3.05, 3.63) is 84.5 Å². The van der Waals surface area contributed by atoms with Crippen molar-refractivity contribution in [1.82, 2.24) is 4.57 Å². The molecule has 1 aromatic heterocycles. The zero-order valence-corrected chi connectivity index (χ0v) is 21.2. The predicted molar refractivity (Wildman–Crippen MR) is 133 cm³/mol. The molecule has 0 aliphatic carbocycles. The molecule has 0 bridgehead atoms. The molecule has 1 atom stereocenters. The van der Waals surface area contributed by atoms with Crippen LogP contribution in [0.25, 0.3) is 6.08 Å². The third-order valence-electron chi connectivity index (χ3n) is 5.60. The molecule has 0 amide bonds. The maximum Gasteiger partial charge on any atom is 0.338 e. The molecule has 0 fully saturated rings. The Morgan fingerprint density at radius 3 is 2.36 bits per heavy atom. The van der Waals surface area contributed by atoms with Crippen LogP contribution in [0.4, 0.5) is 0 Å². The van der Waals surface area contributed by atoms with E-state index in [-0.39, 0.29) is 16.9 Å². The minimum atomic E-state index is -0.720. The van der Waals surface area contributed by atoms with Crippen molar-refractivity contribution >= 4 is 29.4 Å². The highest BCUT2D eigenvalue weighted by molar-refractivity contribution is 7.07. The summed E-state index contributed by atoms with van der Waals surface area (Å²) in [5.41, 5.74) is 1.83. The second-order valence-corrected chi connectivity index (χ2v) is 8.86. The Balaban J connectivity index is 1.89. The number of carbonyl (C=O) groups is 2. The molecule has 9 nitrogen and oxygen atoms in total. The maximum absolute atomic E-state index is 13.6. The summed E-state index contributed by atoms with van der Waals surface area (Å²) in [7, 11) is 4.33. The third kappa shape index (κ3) is 4.67. The zero-order chi connectivity index (χ0) is 26.0. The largest absolute Gasteiger partial charge is 0.497 e. The number of esters is 2. The van der Waals surface area contributed by atoms with E-state index in [0.29, 0.717) is 37.7 Å². The Morgan fingerprint density at radius 1 is 1.03 bits per heavy atom. The molecule has 0 saturated heterocycles. The SMILES string of the molecule is COC(=O)C1=C(C)N=c2s/c(=C/c3ccc(OC(C)=O)c(OC)c3)c(=O)n2[C@H]1c1ccc(OC)cc1. The van der Waals surface area contributed by atoms with E-state index in [9.17, 15) is 14.4 Å². The molecule has 0 N–H and O–H groups in total. The van der Waals surface area contributed by atoms with Gasteiger partial charge >= 0.3 is 11.9 Å². The molecule has 2 aromatic carbocycles. The van der Waals surface area contributed by atoms with Gasteiger partial charge in [0.2, 0.25) is 0 Å². The molecule has 4 rings (SSSR count). The van der Waals surface area contributed by atoms with E-state index in [1.54, 1.807) is 62.6 Å². The summed E-state index contributed by atoms with van der Waals surface area (Å²) >= 11 is 1.21. The predicted octanol–water partition coefficient (Wildman–Crippen LogP) is 2.35. The third-order valence-corrected chi connectivity index (χ3v) is 6.58. The second kappa shape index (κ2) is 10.2. The zero-order valence-electron chi connectivity index (χ0n) is 20.4. The van der Waals surface area contributed by atoms with E-state index in [4.69, 9.17) is 18.9 Å².